The van der Waals surface area contributed by atoms with E-state index in [9.17, 15) is 0 Å². The van der Waals surface area contributed by atoms with Gasteiger partial charge in [-0.05, 0) is 31.9 Å². The largest absolute Gasteiger partial charge is 0.497 e. The lowest BCUT2D eigenvalue weighted by Gasteiger charge is -2.29. The fraction of sp³-hybridized carbons (Fsp3) is 0.750. The second-order valence-corrected chi connectivity index (χ2v) is 2.89. The first kappa shape index (κ1) is 6.23. The van der Waals surface area contributed by atoms with Crippen LogP contribution in [0.2, 0.25) is 0 Å². The molecule has 0 aliphatic carbocycles. The van der Waals surface area contributed by atoms with Crippen LogP contribution in [0.4, 0.5) is 0 Å². The van der Waals surface area contributed by atoms with E-state index in [1.165, 1.54) is 18.6 Å². The molecule has 1 saturated heterocycles. The first-order valence-electron chi connectivity index (χ1n) is 4.03. The molecule has 2 aliphatic rings. The Bertz CT molecular complexity index is 153. The smallest absolute Gasteiger partial charge is 0.109 e. The molecule has 0 aromatic heterocycles. The molecule has 0 bridgehead atoms. The van der Waals surface area contributed by atoms with Crippen molar-refractivity contribution in [3.8, 4) is 0 Å². The lowest BCUT2D eigenvalue weighted by atomic mass is 10.0. The second-order valence-electron chi connectivity index (χ2n) is 2.89. The van der Waals surface area contributed by atoms with E-state index in [-0.39, 0.29) is 0 Å². The molecule has 10 heavy (non-hydrogen) atoms. The maximum atomic E-state index is 5.48. The zero-order chi connectivity index (χ0) is 6.81. The number of hydrogen-bond donors (Lipinski definition) is 1. The van der Waals surface area contributed by atoms with Gasteiger partial charge in [-0.15, -0.1) is 0 Å². The van der Waals surface area contributed by atoms with Crippen LogP contribution >= 0.6 is 0 Å². The topological polar surface area (TPSA) is 21.3 Å². The first-order chi connectivity index (χ1) is 4.97. The zero-order valence-corrected chi connectivity index (χ0v) is 6.10. The first-order valence-corrected chi connectivity index (χ1v) is 4.03. The molecule has 1 unspecified atom stereocenters. The van der Waals surface area contributed by atoms with Crippen LogP contribution in [0.5, 0.6) is 0 Å². The zero-order valence-electron chi connectivity index (χ0n) is 6.10. The van der Waals surface area contributed by atoms with Crippen molar-refractivity contribution in [1.29, 1.82) is 0 Å². The van der Waals surface area contributed by atoms with Crippen molar-refractivity contribution >= 4 is 0 Å². The Morgan fingerprint density at radius 3 is 3.50 bits per heavy atom. The summed E-state index contributed by atoms with van der Waals surface area (Å²) in [4.78, 5) is 0. The summed E-state index contributed by atoms with van der Waals surface area (Å²) in [7, 11) is 0. The van der Waals surface area contributed by atoms with Gasteiger partial charge >= 0.3 is 0 Å². The van der Waals surface area contributed by atoms with E-state index in [2.05, 4.69) is 11.4 Å². The predicted octanol–water partition coefficient (Wildman–Crippen LogP) is 1.04. The van der Waals surface area contributed by atoms with Gasteiger partial charge in [-0.1, -0.05) is 0 Å². The van der Waals surface area contributed by atoms with Crippen molar-refractivity contribution in [2.45, 2.75) is 25.3 Å². The lowest BCUT2D eigenvalue weighted by Crippen LogP contribution is -2.38. The summed E-state index contributed by atoms with van der Waals surface area (Å²) in [5.41, 5.74) is 0. The van der Waals surface area contributed by atoms with Gasteiger partial charge in [0.2, 0.25) is 0 Å². The SMILES string of the molecule is C1=C2OCCCC2NCC1. The van der Waals surface area contributed by atoms with Gasteiger partial charge in [-0.25, -0.2) is 0 Å². The highest BCUT2D eigenvalue weighted by Crippen LogP contribution is 2.20. The standard InChI is InChI=1S/C8H13NO/c1-4-8-7(9-5-1)3-2-6-10-8/h4,7,9H,1-3,5-6H2. The van der Waals surface area contributed by atoms with E-state index >= 15 is 0 Å². The molecular formula is C8H13NO. The number of ether oxygens (including phenoxy) is 1. The summed E-state index contributed by atoms with van der Waals surface area (Å²) in [5.74, 6) is 1.19. The van der Waals surface area contributed by atoms with Crippen molar-refractivity contribution in [2.24, 2.45) is 0 Å². The van der Waals surface area contributed by atoms with E-state index in [0.717, 1.165) is 19.6 Å². The Hall–Kier alpha value is -0.500. The molecule has 0 amide bonds. The van der Waals surface area contributed by atoms with Crippen LogP contribution < -0.4 is 5.32 Å². The van der Waals surface area contributed by atoms with Crippen molar-refractivity contribution in [3.05, 3.63) is 11.8 Å². The third kappa shape index (κ3) is 1.03. The fourth-order valence-corrected chi connectivity index (χ4v) is 1.60. The second kappa shape index (κ2) is 2.62. The average Bonchev–Trinajstić information content (AvgIpc) is 2.05. The molecule has 1 N–H and O–H groups in total. The minimum Gasteiger partial charge on any atom is -0.497 e. The van der Waals surface area contributed by atoms with Crippen LogP contribution in [0.3, 0.4) is 0 Å². The van der Waals surface area contributed by atoms with E-state index in [4.69, 9.17) is 4.74 Å². The number of fused-ring (bicyclic) bond motifs is 1. The Labute approximate surface area is 61.3 Å². The maximum Gasteiger partial charge on any atom is 0.109 e. The maximum absolute atomic E-state index is 5.48. The van der Waals surface area contributed by atoms with Crippen LogP contribution in [0.15, 0.2) is 11.8 Å². The number of rotatable bonds is 0. The Kier molecular flexibility index (Phi) is 1.63. The molecule has 2 nitrogen and oxygen atoms in total. The molecule has 2 rings (SSSR count). The molecule has 2 heteroatoms. The lowest BCUT2D eigenvalue weighted by molar-refractivity contribution is 0.134. The van der Waals surface area contributed by atoms with Crippen molar-refractivity contribution in [2.75, 3.05) is 13.2 Å². The average molecular weight is 139 g/mol. The Morgan fingerprint density at radius 1 is 1.60 bits per heavy atom. The van der Waals surface area contributed by atoms with Gasteiger partial charge in [-0.2, -0.15) is 0 Å². The minimum absolute atomic E-state index is 0.544. The van der Waals surface area contributed by atoms with E-state index in [0.29, 0.717) is 6.04 Å². The van der Waals surface area contributed by atoms with Crippen LogP contribution in [0, 0.1) is 0 Å². The van der Waals surface area contributed by atoms with Gasteiger partial charge in [0.1, 0.15) is 5.76 Å². The minimum atomic E-state index is 0.544. The molecule has 0 aromatic carbocycles. The molecular weight excluding hydrogens is 126 g/mol. The third-order valence-corrected chi connectivity index (χ3v) is 2.13. The van der Waals surface area contributed by atoms with Gasteiger partial charge in [-0.3, -0.25) is 0 Å². The van der Waals surface area contributed by atoms with Gasteiger partial charge in [0, 0.05) is 0 Å². The van der Waals surface area contributed by atoms with Crippen LogP contribution in [-0.2, 0) is 4.74 Å². The predicted molar refractivity (Wildman–Crippen MR) is 39.7 cm³/mol. The number of nitrogens with one attached hydrogen (secondary N) is 1. The highest BCUT2D eigenvalue weighted by Gasteiger charge is 2.21. The van der Waals surface area contributed by atoms with Crippen molar-refractivity contribution in [1.82, 2.24) is 5.32 Å². The monoisotopic (exact) mass is 139 g/mol. The molecule has 0 aromatic rings. The van der Waals surface area contributed by atoms with Crippen molar-refractivity contribution < 1.29 is 4.74 Å². The summed E-state index contributed by atoms with van der Waals surface area (Å²) in [6.45, 7) is 2.04. The van der Waals surface area contributed by atoms with Crippen LogP contribution in [-0.4, -0.2) is 19.2 Å². The number of hydrogen-bond acceptors (Lipinski definition) is 2. The van der Waals surface area contributed by atoms with Gasteiger partial charge < -0.3 is 10.1 Å². The van der Waals surface area contributed by atoms with Gasteiger partial charge in [0.25, 0.3) is 0 Å². The molecule has 2 heterocycles. The summed E-state index contributed by atoms with van der Waals surface area (Å²) in [5, 5.41) is 3.43. The quantitative estimate of drug-likeness (QED) is 0.541. The van der Waals surface area contributed by atoms with Crippen molar-refractivity contribution in [3.63, 3.8) is 0 Å². The molecule has 0 saturated carbocycles. The summed E-state index contributed by atoms with van der Waals surface area (Å²) >= 11 is 0. The molecule has 1 atom stereocenters. The van der Waals surface area contributed by atoms with E-state index in [1.54, 1.807) is 0 Å². The van der Waals surface area contributed by atoms with Crippen LogP contribution in [0.25, 0.3) is 0 Å². The summed E-state index contributed by atoms with van der Waals surface area (Å²) in [6, 6.07) is 0.544. The van der Waals surface area contributed by atoms with Crippen LogP contribution in [0.1, 0.15) is 19.3 Å². The van der Waals surface area contributed by atoms with Gasteiger partial charge in [0.05, 0.1) is 12.6 Å². The van der Waals surface area contributed by atoms with E-state index in [1.807, 2.05) is 0 Å². The summed E-state index contributed by atoms with van der Waals surface area (Å²) in [6.07, 6.45) is 5.81. The van der Waals surface area contributed by atoms with Gasteiger partial charge in [0.15, 0.2) is 0 Å². The fourth-order valence-electron chi connectivity index (χ4n) is 1.60. The normalized spacial score (nSPS) is 32.0. The molecule has 2 aliphatic heterocycles. The third-order valence-electron chi connectivity index (χ3n) is 2.13. The molecule has 0 radical (unpaired) electrons. The molecule has 56 valence electrons. The Morgan fingerprint density at radius 2 is 2.60 bits per heavy atom. The molecule has 0 spiro atoms. The Balaban J connectivity index is 2.08. The highest BCUT2D eigenvalue weighted by molar-refractivity contribution is 5.08. The highest BCUT2D eigenvalue weighted by atomic mass is 16.5. The molecule has 1 fully saturated rings. The van der Waals surface area contributed by atoms with E-state index < -0.39 is 0 Å². The summed E-state index contributed by atoms with van der Waals surface area (Å²) < 4.78 is 5.48.